The molecule has 11 aromatic rings. The lowest BCUT2D eigenvalue weighted by atomic mass is 9.83. The molecule has 3 N–H and O–H groups in total. The number of benzene rings is 4. The van der Waals surface area contributed by atoms with Crippen molar-refractivity contribution in [1.29, 1.82) is 0 Å². The van der Waals surface area contributed by atoms with Gasteiger partial charge in [-0.1, -0.05) is 59.8 Å². The lowest BCUT2D eigenvalue weighted by Gasteiger charge is -2.19. The van der Waals surface area contributed by atoms with E-state index in [0.717, 1.165) is 87.6 Å². The number of fused-ring (bicyclic) bond motifs is 4. The van der Waals surface area contributed by atoms with Gasteiger partial charge in [-0.2, -0.15) is 5.10 Å². The molecule has 0 radical (unpaired) electrons. The Morgan fingerprint density at radius 3 is 2.41 bits per heavy atom. The average Bonchev–Trinajstić information content (AvgIpc) is 4.00. The predicted molar refractivity (Wildman–Crippen MR) is 206 cm³/mol. The fourth-order valence-electron chi connectivity index (χ4n) is 7.39. The van der Waals surface area contributed by atoms with Crippen LogP contribution in [-0.2, 0) is 0 Å². The average molecular weight is 697 g/mol. The normalized spacial score (nSPS) is 11.9. The Balaban J connectivity index is 1.42. The molecule has 0 unspecified atom stereocenters. The third kappa shape index (κ3) is 4.27. The first kappa shape index (κ1) is 28.4. The Morgan fingerprint density at radius 1 is 0.686 bits per heavy atom. The van der Waals surface area contributed by atoms with Gasteiger partial charge in [-0.05, 0) is 65.4 Å². The van der Waals surface area contributed by atoms with Crippen molar-refractivity contribution in [3.63, 3.8) is 0 Å². The summed E-state index contributed by atoms with van der Waals surface area (Å²) in [6.07, 6.45) is 3.58. The minimum Gasteiger partial charge on any atom is -0.464 e. The zero-order chi connectivity index (χ0) is 33.5. The SMILES string of the molecule is c1coc(-c2c(-c3cccc4[nH]nnc34)c(-c3cc4ccccc4[nH]3)c(-c3cc[nH]n3)c3oc(-c4cc5ccccc5s4)c(-c4cccs4)c23)c1. The van der Waals surface area contributed by atoms with Crippen molar-refractivity contribution in [2.45, 2.75) is 0 Å². The van der Waals surface area contributed by atoms with Crippen LogP contribution in [0.1, 0.15) is 0 Å². The van der Waals surface area contributed by atoms with Crippen LogP contribution < -0.4 is 0 Å². The van der Waals surface area contributed by atoms with E-state index < -0.39 is 0 Å². The first-order chi connectivity index (χ1) is 25.3. The van der Waals surface area contributed by atoms with Gasteiger partial charge in [0.15, 0.2) is 5.76 Å². The summed E-state index contributed by atoms with van der Waals surface area (Å²) in [6, 6.07) is 37.5. The summed E-state index contributed by atoms with van der Waals surface area (Å²) in [4.78, 5) is 5.88. The number of nitrogens with one attached hydrogen (secondary N) is 3. The molecule has 0 spiro atoms. The molecule has 0 saturated carbocycles. The number of furan rings is 2. The molecule has 0 aliphatic rings. The number of H-pyrrole nitrogens is 3. The third-order valence-corrected chi connectivity index (χ3v) is 11.5. The van der Waals surface area contributed by atoms with Crippen LogP contribution in [0.3, 0.4) is 0 Å². The lowest BCUT2D eigenvalue weighted by molar-refractivity contribution is 0.583. The van der Waals surface area contributed by atoms with E-state index in [-0.39, 0.29) is 0 Å². The van der Waals surface area contributed by atoms with Gasteiger partial charge in [0.1, 0.15) is 16.9 Å². The highest BCUT2D eigenvalue weighted by molar-refractivity contribution is 7.22. The molecule has 0 aliphatic carbocycles. The molecule has 242 valence electrons. The number of hydrogen-bond acceptors (Lipinski definition) is 7. The van der Waals surface area contributed by atoms with Gasteiger partial charge in [0, 0.05) is 65.6 Å². The zero-order valence-corrected chi connectivity index (χ0v) is 28.2. The summed E-state index contributed by atoms with van der Waals surface area (Å²) >= 11 is 3.42. The fourth-order valence-corrected chi connectivity index (χ4v) is 9.21. The minimum absolute atomic E-state index is 0.711. The van der Waals surface area contributed by atoms with Crippen LogP contribution >= 0.6 is 22.7 Å². The van der Waals surface area contributed by atoms with E-state index >= 15 is 0 Å². The van der Waals surface area contributed by atoms with Crippen LogP contribution in [0.4, 0.5) is 0 Å². The van der Waals surface area contributed by atoms with Crippen LogP contribution in [0.5, 0.6) is 0 Å². The summed E-state index contributed by atoms with van der Waals surface area (Å²) in [7, 11) is 0. The van der Waals surface area contributed by atoms with E-state index in [2.05, 4.69) is 104 Å². The van der Waals surface area contributed by atoms with Gasteiger partial charge in [0.2, 0.25) is 0 Å². The number of nitrogens with zero attached hydrogens (tertiary/aromatic N) is 3. The Morgan fingerprint density at radius 2 is 1.59 bits per heavy atom. The van der Waals surface area contributed by atoms with Gasteiger partial charge in [-0.25, -0.2) is 0 Å². The van der Waals surface area contributed by atoms with Crippen molar-refractivity contribution in [3.05, 3.63) is 127 Å². The van der Waals surface area contributed by atoms with Crippen LogP contribution in [-0.4, -0.2) is 30.6 Å². The van der Waals surface area contributed by atoms with E-state index in [4.69, 9.17) is 13.9 Å². The van der Waals surface area contributed by atoms with E-state index in [1.165, 1.54) is 10.1 Å². The highest BCUT2D eigenvalue weighted by Gasteiger charge is 2.34. The molecule has 0 atom stereocenters. The van der Waals surface area contributed by atoms with Crippen LogP contribution in [0.15, 0.2) is 136 Å². The summed E-state index contributed by atoms with van der Waals surface area (Å²) < 4.78 is 14.9. The largest absolute Gasteiger partial charge is 0.464 e. The van der Waals surface area contributed by atoms with Gasteiger partial charge in [-0.15, -0.1) is 27.8 Å². The highest BCUT2D eigenvalue weighted by Crippen LogP contribution is 2.57. The van der Waals surface area contributed by atoms with Crippen molar-refractivity contribution in [2.75, 3.05) is 0 Å². The summed E-state index contributed by atoms with van der Waals surface area (Å²) in [5.74, 6) is 1.51. The van der Waals surface area contributed by atoms with E-state index in [0.29, 0.717) is 11.3 Å². The Labute approximate surface area is 297 Å². The standard InChI is InChI=1S/C41H24N6O2S2/c1-3-11-25-22(8-1)20-28(43-25)34-33(24-10-5-12-27-39(24)46-47-45-27)36(29-13-6-18-48-29)38-37(31-15-7-19-50-31)40(32-21-23-9-2-4-14-30(23)51-32)49-41(38)35(34)26-16-17-42-44-26/h1-21,43H,(H,42,44)(H,45,46,47). The van der Waals surface area contributed by atoms with Crippen molar-refractivity contribution >= 4 is 65.7 Å². The van der Waals surface area contributed by atoms with Crippen molar-refractivity contribution in [3.8, 4) is 66.0 Å². The fraction of sp³-hybridized carbons (Fsp3) is 0. The maximum Gasteiger partial charge on any atom is 0.154 e. The van der Waals surface area contributed by atoms with Gasteiger partial charge in [0.05, 0.1) is 27.9 Å². The van der Waals surface area contributed by atoms with E-state index in [1.54, 1.807) is 28.9 Å². The summed E-state index contributed by atoms with van der Waals surface area (Å²) in [6.45, 7) is 0. The number of para-hydroxylation sites is 1. The Bertz CT molecular complexity index is 2970. The first-order valence-electron chi connectivity index (χ1n) is 16.4. The molecule has 0 amide bonds. The van der Waals surface area contributed by atoms with Crippen LogP contribution in [0.25, 0.3) is 109 Å². The molecule has 7 aromatic heterocycles. The van der Waals surface area contributed by atoms with E-state index in [1.807, 2.05) is 42.6 Å². The number of rotatable bonds is 6. The molecule has 4 aromatic carbocycles. The Hall–Kier alpha value is -6.49. The molecule has 11 rings (SSSR count). The maximum atomic E-state index is 7.31. The van der Waals surface area contributed by atoms with Crippen LogP contribution in [0, 0.1) is 0 Å². The molecule has 8 nitrogen and oxygen atoms in total. The number of aromatic amines is 3. The summed E-state index contributed by atoms with van der Waals surface area (Å²) in [5, 5.41) is 25.2. The summed E-state index contributed by atoms with van der Waals surface area (Å²) in [5.41, 5.74) is 10.5. The monoisotopic (exact) mass is 696 g/mol. The molecule has 0 aliphatic heterocycles. The molecule has 7 heterocycles. The second-order valence-corrected chi connectivity index (χ2v) is 14.4. The molecule has 10 heteroatoms. The molecule has 0 saturated heterocycles. The highest BCUT2D eigenvalue weighted by atomic mass is 32.1. The predicted octanol–water partition coefficient (Wildman–Crippen LogP) is 11.8. The lowest BCUT2D eigenvalue weighted by Crippen LogP contribution is -1.97. The molecule has 0 fully saturated rings. The Kier molecular flexibility index (Phi) is 6.12. The molecule has 51 heavy (non-hydrogen) atoms. The third-order valence-electron chi connectivity index (χ3n) is 9.50. The molecular weight excluding hydrogens is 673 g/mol. The topological polar surface area (TPSA) is 112 Å². The second-order valence-electron chi connectivity index (χ2n) is 12.4. The van der Waals surface area contributed by atoms with Crippen molar-refractivity contribution < 1.29 is 8.83 Å². The maximum absolute atomic E-state index is 7.31. The van der Waals surface area contributed by atoms with E-state index in [9.17, 15) is 0 Å². The van der Waals surface area contributed by atoms with Gasteiger partial charge < -0.3 is 13.8 Å². The van der Waals surface area contributed by atoms with Gasteiger partial charge in [-0.3, -0.25) is 10.2 Å². The minimum atomic E-state index is 0.711. The number of aromatic nitrogens is 6. The van der Waals surface area contributed by atoms with Gasteiger partial charge >= 0.3 is 0 Å². The number of hydrogen-bond donors (Lipinski definition) is 3. The quantitative estimate of drug-likeness (QED) is 0.160. The van der Waals surface area contributed by atoms with Crippen LogP contribution in [0.2, 0.25) is 0 Å². The first-order valence-corrected chi connectivity index (χ1v) is 18.1. The van der Waals surface area contributed by atoms with Crippen molar-refractivity contribution in [1.82, 2.24) is 30.6 Å². The number of thiophene rings is 2. The smallest absolute Gasteiger partial charge is 0.154 e. The van der Waals surface area contributed by atoms with Gasteiger partial charge in [0.25, 0.3) is 0 Å². The zero-order valence-electron chi connectivity index (χ0n) is 26.6. The second kappa shape index (κ2) is 11.0. The molecule has 0 bridgehead atoms. The molecular formula is C41H24N6O2S2. The van der Waals surface area contributed by atoms with Crippen molar-refractivity contribution in [2.24, 2.45) is 0 Å².